The highest BCUT2D eigenvalue weighted by Crippen LogP contribution is 2.40. The van der Waals surface area contributed by atoms with Gasteiger partial charge in [0.25, 0.3) is 5.91 Å². The first-order chi connectivity index (χ1) is 15.5. The number of carbonyl (C=O) groups excluding carboxylic acids is 2. The van der Waals surface area contributed by atoms with Gasteiger partial charge in [-0.2, -0.15) is 0 Å². The maximum absolute atomic E-state index is 12.6. The summed E-state index contributed by atoms with van der Waals surface area (Å²) in [6.45, 7) is 6.31. The number of thiophene rings is 1. The summed E-state index contributed by atoms with van der Waals surface area (Å²) in [6.07, 6.45) is 0.936. The molecule has 2 aromatic carbocycles. The standard InChI is InChI=1S/C25H27NO5S/c1-5-17-7-11-20(12-8-17)31-15-21(27)26-24-23(25(28)29-4)22(16(3)32-24)18-9-13-19(14-10-18)30-6-2/h7-14H,5-6,15H2,1-4H3,(H,26,27). The van der Waals surface area contributed by atoms with Crippen molar-refractivity contribution < 1.29 is 23.8 Å². The van der Waals surface area contributed by atoms with Gasteiger partial charge in [0.15, 0.2) is 6.61 Å². The number of anilines is 1. The molecule has 1 heterocycles. The average Bonchev–Trinajstić information content (AvgIpc) is 3.13. The van der Waals surface area contributed by atoms with Crippen LogP contribution in [0.15, 0.2) is 48.5 Å². The molecule has 6 nitrogen and oxygen atoms in total. The predicted octanol–water partition coefficient (Wildman–Crippen LogP) is 5.49. The first kappa shape index (κ1) is 23.3. The number of esters is 1. The molecule has 0 radical (unpaired) electrons. The Morgan fingerprint density at radius 1 is 0.938 bits per heavy atom. The zero-order valence-electron chi connectivity index (χ0n) is 18.7. The van der Waals surface area contributed by atoms with Gasteiger partial charge in [-0.25, -0.2) is 4.79 Å². The second kappa shape index (κ2) is 10.8. The zero-order valence-corrected chi connectivity index (χ0v) is 19.5. The van der Waals surface area contributed by atoms with E-state index in [0.717, 1.165) is 28.2 Å². The lowest BCUT2D eigenvalue weighted by molar-refractivity contribution is -0.118. The molecule has 0 fully saturated rings. The lowest BCUT2D eigenvalue weighted by atomic mass is 10.0. The van der Waals surface area contributed by atoms with E-state index in [1.807, 2.05) is 62.4 Å². The molecule has 3 rings (SSSR count). The van der Waals surface area contributed by atoms with Gasteiger partial charge in [0.05, 0.1) is 13.7 Å². The molecule has 3 aromatic rings. The van der Waals surface area contributed by atoms with Gasteiger partial charge < -0.3 is 19.5 Å². The van der Waals surface area contributed by atoms with Crippen molar-refractivity contribution in [3.8, 4) is 22.6 Å². The minimum absolute atomic E-state index is 0.165. The van der Waals surface area contributed by atoms with Gasteiger partial charge in [0, 0.05) is 10.4 Å². The minimum Gasteiger partial charge on any atom is -0.494 e. The second-order valence-electron chi connectivity index (χ2n) is 7.02. The number of rotatable bonds is 9. The van der Waals surface area contributed by atoms with Crippen LogP contribution in [0.2, 0.25) is 0 Å². The third-order valence-electron chi connectivity index (χ3n) is 4.88. The monoisotopic (exact) mass is 453 g/mol. The van der Waals surface area contributed by atoms with E-state index in [1.165, 1.54) is 24.0 Å². The van der Waals surface area contributed by atoms with E-state index < -0.39 is 5.97 Å². The summed E-state index contributed by atoms with van der Waals surface area (Å²) in [5.41, 5.74) is 3.10. The van der Waals surface area contributed by atoms with E-state index in [0.29, 0.717) is 22.9 Å². The van der Waals surface area contributed by atoms with Crippen molar-refractivity contribution in [2.75, 3.05) is 25.6 Å². The number of hydrogen-bond acceptors (Lipinski definition) is 6. The molecule has 32 heavy (non-hydrogen) atoms. The Labute approximate surface area is 192 Å². The molecule has 168 valence electrons. The topological polar surface area (TPSA) is 73.9 Å². The maximum atomic E-state index is 12.6. The molecule has 0 saturated carbocycles. The van der Waals surface area contributed by atoms with Crippen LogP contribution in [-0.4, -0.2) is 32.2 Å². The van der Waals surface area contributed by atoms with Gasteiger partial charge in [0.2, 0.25) is 0 Å². The number of carbonyl (C=O) groups is 2. The number of nitrogens with one attached hydrogen (secondary N) is 1. The molecule has 0 atom stereocenters. The Hall–Kier alpha value is -3.32. The third kappa shape index (κ3) is 5.48. The number of methoxy groups -OCH3 is 1. The molecule has 0 aliphatic heterocycles. The lowest BCUT2D eigenvalue weighted by Crippen LogP contribution is -2.21. The Morgan fingerprint density at radius 3 is 2.16 bits per heavy atom. The highest BCUT2D eigenvalue weighted by molar-refractivity contribution is 7.17. The largest absolute Gasteiger partial charge is 0.494 e. The van der Waals surface area contributed by atoms with Gasteiger partial charge in [-0.15, -0.1) is 11.3 Å². The van der Waals surface area contributed by atoms with Crippen molar-refractivity contribution in [1.29, 1.82) is 0 Å². The molecule has 0 spiro atoms. The van der Waals surface area contributed by atoms with Gasteiger partial charge in [0.1, 0.15) is 22.1 Å². The quantitative estimate of drug-likeness (QED) is 0.434. The summed E-state index contributed by atoms with van der Waals surface area (Å²) < 4.78 is 16.1. The fraction of sp³-hybridized carbons (Fsp3) is 0.280. The summed E-state index contributed by atoms with van der Waals surface area (Å²) in [4.78, 5) is 26.0. The Morgan fingerprint density at radius 2 is 1.56 bits per heavy atom. The first-order valence-corrected chi connectivity index (χ1v) is 11.2. The molecule has 0 aliphatic carbocycles. The predicted molar refractivity (Wildman–Crippen MR) is 127 cm³/mol. The zero-order chi connectivity index (χ0) is 23.1. The van der Waals surface area contributed by atoms with Crippen molar-refractivity contribution in [1.82, 2.24) is 0 Å². The molecule has 7 heteroatoms. The normalized spacial score (nSPS) is 10.5. The van der Waals surface area contributed by atoms with Crippen LogP contribution in [0.5, 0.6) is 11.5 Å². The molecule has 0 saturated heterocycles. The van der Waals surface area contributed by atoms with E-state index >= 15 is 0 Å². The third-order valence-corrected chi connectivity index (χ3v) is 5.90. The fourth-order valence-electron chi connectivity index (χ4n) is 3.29. The van der Waals surface area contributed by atoms with Crippen molar-refractivity contribution in [2.45, 2.75) is 27.2 Å². The molecule has 0 bridgehead atoms. The van der Waals surface area contributed by atoms with E-state index in [4.69, 9.17) is 14.2 Å². The number of aryl methyl sites for hydroxylation is 2. The SMILES string of the molecule is CCOc1ccc(-c2c(C)sc(NC(=O)COc3ccc(CC)cc3)c2C(=O)OC)cc1. The van der Waals surface area contributed by atoms with Crippen molar-refractivity contribution in [2.24, 2.45) is 0 Å². The fourth-order valence-corrected chi connectivity index (χ4v) is 4.38. The minimum atomic E-state index is -0.510. The second-order valence-corrected chi connectivity index (χ2v) is 8.25. The number of ether oxygens (including phenoxy) is 3. The summed E-state index contributed by atoms with van der Waals surface area (Å²) in [6, 6.07) is 15.1. The molecule has 1 N–H and O–H groups in total. The van der Waals surface area contributed by atoms with Gasteiger partial charge in [-0.05, 0) is 55.7 Å². The molecule has 0 aliphatic rings. The van der Waals surface area contributed by atoms with E-state index in [2.05, 4.69) is 12.2 Å². The molecule has 1 amide bonds. The summed E-state index contributed by atoms with van der Waals surface area (Å²) in [5, 5.41) is 3.25. The van der Waals surface area contributed by atoms with Crippen LogP contribution < -0.4 is 14.8 Å². The van der Waals surface area contributed by atoms with Crippen LogP contribution >= 0.6 is 11.3 Å². The van der Waals surface area contributed by atoms with Crippen molar-refractivity contribution in [3.05, 3.63) is 64.5 Å². The highest BCUT2D eigenvalue weighted by atomic mass is 32.1. The van der Waals surface area contributed by atoms with Crippen LogP contribution in [-0.2, 0) is 16.0 Å². The maximum Gasteiger partial charge on any atom is 0.341 e. The van der Waals surface area contributed by atoms with E-state index in [9.17, 15) is 9.59 Å². The van der Waals surface area contributed by atoms with Gasteiger partial charge >= 0.3 is 5.97 Å². The van der Waals surface area contributed by atoms with Crippen LogP contribution in [0.3, 0.4) is 0 Å². The Kier molecular flexibility index (Phi) is 7.89. The number of hydrogen-bond donors (Lipinski definition) is 1. The molecular formula is C25H27NO5S. The van der Waals surface area contributed by atoms with Crippen LogP contribution in [0.4, 0.5) is 5.00 Å². The summed E-state index contributed by atoms with van der Waals surface area (Å²) in [5.74, 6) is 0.503. The van der Waals surface area contributed by atoms with Crippen LogP contribution in [0, 0.1) is 6.92 Å². The van der Waals surface area contributed by atoms with Gasteiger partial charge in [-0.1, -0.05) is 31.2 Å². The highest BCUT2D eigenvalue weighted by Gasteiger charge is 2.25. The molecular weight excluding hydrogens is 426 g/mol. The summed E-state index contributed by atoms with van der Waals surface area (Å²) in [7, 11) is 1.33. The molecule has 1 aromatic heterocycles. The van der Waals surface area contributed by atoms with E-state index in [1.54, 1.807) is 0 Å². The van der Waals surface area contributed by atoms with Gasteiger partial charge in [-0.3, -0.25) is 4.79 Å². The number of amides is 1. The Balaban J connectivity index is 1.80. The average molecular weight is 454 g/mol. The number of benzene rings is 2. The van der Waals surface area contributed by atoms with Crippen molar-refractivity contribution in [3.63, 3.8) is 0 Å². The Bertz CT molecular complexity index is 1070. The van der Waals surface area contributed by atoms with Crippen LogP contribution in [0.25, 0.3) is 11.1 Å². The smallest absolute Gasteiger partial charge is 0.341 e. The summed E-state index contributed by atoms with van der Waals surface area (Å²) >= 11 is 1.33. The van der Waals surface area contributed by atoms with E-state index in [-0.39, 0.29) is 12.5 Å². The first-order valence-electron chi connectivity index (χ1n) is 10.4. The molecule has 0 unspecified atom stereocenters. The van der Waals surface area contributed by atoms with Crippen LogP contribution in [0.1, 0.15) is 34.6 Å². The van der Waals surface area contributed by atoms with Crippen molar-refractivity contribution >= 4 is 28.2 Å². The lowest BCUT2D eigenvalue weighted by Gasteiger charge is -2.10.